The van der Waals surface area contributed by atoms with E-state index in [0.29, 0.717) is 12.3 Å². The number of carbonyl (C=O) groups is 1. The molecule has 1 aliphatic rings. The van der Waals surface area contributed by atoms with Crippen LogP contribution < -0.4 is 5.32 Å². The summed E-state index contributed by atoms with van der Waals surface area (Å²) >= 11 is 0. The molecule has 1 N–H and O–H groups in total. The van der Waals surface area contributed by atoms with Gasteiger partial charge in [0.25, 0.3) is 5.91 Å². The molecule has 0 aliphatic carbocycles. The molecular formula is C27H35ClN2O2. The molecular weight excluding hydrogens is 420 g/mol. The number of aryl methyl sites for hydroxylation is 2. The standard InChI is InChI=1S/C27H34N2O2.ClH/c1-18-8-13-24-22(16-18)19(2)25(31-24)26(30)28-17-23(29-14-6-7-15-29)20-9-11-21(12-10-20)27(3,4)5;/h8-13,16,23H,6-7,14-15,17H2,1-5H3,(H,28,30);1H. The topological polar surface area (TPSA) is 45.5 Å². The van der Waals surface area contributed by atoms with Crippen molar-refractivity contribution in [3.05, 3.63) is 70.5 Å². The number of hydrogen-bond acceptors (Lipinski definition) is 3. The second kappa shape index (κ2) is 9.68. The Hall–Kier alpha value is -2.30. The number of halogens is 1. The van der Waals surface area contributed by atoms with Gasteiger partial charge in [-0.05, 0) is 68.5 Å². The third-order valence-corrected chi connectivity index (χ3v) is 6.50. The molecule has 3 aromatic rings. The number of fused-ring (bicyclic) bond motifs is 1. The van der Waals surface area contributed by atoms with E-state index < -0.39 is 0 Å². The maximum absolute atomic E-state index is 13.0. The highest BCUT2D eigenvalue weighted by Gasteiger charge is 2.26. The summed E-state index contributed by atoms with van der Waals surface area (Å²) in [5, 5.41) is 4.17. The Kier molecular flexibility index (Phi) is 7.36. The third-order valence-electron chi connectivity index (χ3n) is 6.50. The summed E-state index contributed by atoms with van der Waals surface area (Å²) in [5.74, 6) is 0.283. The van der Waals surface area contributed by atoms with Crippen molar-refractivity contribution in [3.63, 3.8) is 0 Å². The van der Waals surface area contributed by atoms with Crippen LogP contribution in [0.3, 0.4) is 0 Å². The van der Waals surface area contributed by atoms with E-state index in [1.165, 1.54) is 24.0 Å². The zero-order chi connectivity index (χ0) is 22.2. The highest BCUT2D eigenvalue weighted by Crippen LogP contribution is 2.29. The molecule has 1 unspecified atom stereocenters. The highest BCUT2D eigenvalue weighted by atomic mass is 35.5. The number of amides is 1. The van der Waals surface area contributed by atoms with Crippen molar-refractivity contribution in [2.75, 3.05) is 19.6 Å². The van der Waals surface area contributed by atoms with Gasteiger partial charge in [0.1, 0.15) is 5.58 Å². The maximum Gasteiger partial charge on any atom is 0.287 e. The minimum Gasteiger partial charge on any atom is -0.451 e. The Morgan fingerprint density at radius 1 is 1.06 bits per heavy atom. The first-order valence-electron chi connectivity index (χ1n) is 11.4. The van der Waals surface area contributed by atoms with E-state index in [0.717, 1.165) is 35.2 Å². The molecule has 1 atom stereocenters. The molecule has 32 heavy (non-hydrogen) atoms. The number of nitrogens with one attached hydrogen (secondary N) is 1. The van der Waals surface area contributed by atoms with Gasteiger partial charge in [-0.25, -0.2) is 0 Å². The van der Waals surface area contributed by atoms with Crippen molar-refractivity contribution in [2.24, 2.45) is 0 Å². The first-order valence-corrected chi connectivity index (χ1v) is 11.4. The zero-order valence-corrected chi connectivity index (χ0v) is 20.6. The van der Waals surface area contributed by atoms with E-state index in [-0.39, 0.29) is 29.8 Å². The van der Waals surface area contributed by atoms with E-state index in [2.05, 4.69) is 68.2 Å². The Balaban J connectivity index is 0.00000289. The number of benzene rings is 2. The Morgan fingerprint density at radius 2 is 1.72 bits per heavy atom. The summed E-state index contributed by atoms with van der Waals surface area (Å²) in [6.07, 6.45) is 2.43. The molecule has 172 valence electrons. The summed E-state index contributed by atoms with van der Waals surface area (Å²) in [6, 6.07) is 15.1. The van der Waals surface area contributed by atoms with Crippen LogP contribution >= 0.6 is 12.4 Å². The van der Waals surface area contributed by atoms with Crippen molar-refractivity contribution in [1.29, 1.82) is 0 Å². The van der Waals surface area contributed by atoms with Crippen LogP contribution in [0, 0.1) is 13.8 Å². The van der Waals surface area contributed by atoms with E-state index in [1.54, 1.807) is 0 Å². The molecule has 1 aromatic heterocycles. The molecule has 1 saturated heterocycles. The van der Waals surface area contributed by atoms with Crippen LogP contribution in [0.25, 0.3) is 11.0 Å². The largest absolute Gasteiger partial charge is 0.451 e. The van der Waals surface area contributed by atoms with Crippen LogP contribution in [0.4, 0.5) is 0 Å². The van der Waals surface area contributed by atoms with Crippen LogP contribution in [-0.2, 0) is 5.41 Å². The average molecular weight is 455 g/mol. The second-order valence-electron chi connectivity index (χ2n) is 9.90. The fourth-order valence-electron chi connectivity index (χ4n) is 4.54. The van der Waals surface area contributed by atoms with E-state index >= 15 is 0 Å². The van der Waals surface area contributed by atoms with E-state index in [1.807, 2.05) is 19.1 Å². The fourth-order valence-corrected chi connectivity index (χ4v) is 4.54. The normalized spacial score (nSPS) is 15.5. The quantitative estimate of drug-likeness (QED) is 0.489. The van der Waals surface area contributed by atoms with Gasteiger partial charge in [-0.15, -0.1) is 12.4 Å². The van der Waals surface area contributed by atoms with Gasteiger partial charge in [0.15, 0.2) is 5.76 Å². The number of hydrogen-bond donors (Lipinski definition) is 1. The van der Waals surface area contributed by atoms with Gasteiger partial charge in [0.2, 0.25) is 0 Å². The van der Waals surface area contributed by atoms with E-state index in [4.69, 9.17) is 4.42 Å². The van der Waals surface area contributed by atoms with Gasteiger partial charge in [-0.1, -0.05) is 56.7 Å². The summed E-state index contributed by atoms with van der Waals surface area (Å²) in [7, 11) is 0. The van der Waals surface area contributed by atoms with Gasteiger partial charge < -0.3 is 9.73 Å². The zero-order valence-electron chi connectivity index (χ0n) is 19.8. The Labute approximate surface area is 197 Å². The average Bonchev–Trinajstić information content (AvgIpc) is 3.37. The molecule has 1 fully saturated rings. The SMILES string of the molecule is Cc1ccc2oc(C(=O)NCC(c3ccc(C(C)(C)C)cc3)N3CCCC3)c(C)c2c1.Cl. The van der Waals surface area contributed by atoms with Crippen LogP contribution in [0.2, 0.25) is 0 Å². The molecule has 2 heterocycles. The fraction of sp³-hybridized carbons (Fsp3) is 0.444. The molecule has 4 nitrogen and oxygen atoms in total. The molecule has 0 bridgehead atoms. The minimum atomic E-state index is -0.137. The first kappa shape index (κ1) is 24.3. The molecule has 0 radical (unpaired) electrons. The maximum atomic E-state index is 13.0. The summed E-state index contributed by atoms with van der Waals surface area (Å²) in [5.41, 5.74) is 5.55. The van der Waals surface area contributed by atoms with Crippen molar-refractivity contribution in [1.82, 2.24) is 10.2 Å². The van der Waals surface area contributed by atoms with Gasteiger partial charge in [0, 0.05) is 17.5 Å². The summed E-state index contributed by atoms with van der Waals surface area (Å²) in [4.78, 5) is 15.5. The van der Waals surface area contributed by atoms with Crippen molar-refractivity contribution in [3.8, 4) is 0 Å². The Bertz CT molecular complexity index is 1070. The second-order valence-corrected chi connectivity index (χ2v) is 9.90. The van der Waals surface area contributed by atoms with Gasteiger partial charge in [0.05, 0.1) is 6.04 Å². The lowest BCUT2D eigenvalue weighted by Crippen LogP contribution is -2.37. The molecule has 2 aromatic carbocycles. The van der Waals surface area contributed by atoms with Gasteiger partial charge in [-0.3, -0.25) is 9.69 Å². The third kappa shape index (κ3) is 5.02. The van der Waals surface area contributed by atoms with Crippen molar-refractivity contribution < 1.29 is 9.21 Å². The molecule has 0 saturated carbocycles. The number of nitrogens with zero attached hydrogens (tertiary/aromatic N) is 1. The summed E-state index contributed by atoms with van der Waals surface area (Å²) < 4.78 is 5.91. The smallest absolute Gasteiger partial charge is 0.287 e. The van der Waals surface area contributed by atoms with Gasteiger partial charge in [-0.2, -0.15) is 0 Å². The predicted octanol–water partition coefficient (Wildman–Crippen LogP) is 6.34. The summed E-state index contributed by atoms with van der Waals surface area (Å²) in [6.45, 7) is 13.4. The van der Waals surface area contributed by atoms with Crippen LogP contribution in [0.5, 0.6) is 0 Å². The number of likely N-dealkylation sites (tertiary alicyclic amines) is 1. The van der Waals surface area contributed by atoms with Crippen LogP contribution in [0.15, 0.2) is 46.9 Å². The van der Waals surface area contributed by atoms with Gasteiger partial charge >= 0.3 is 0 Å². The predicted molar refractivity (Wildman–Crippen MR) is 134 cm³/mol. The van der Waals surface area contributed by atoms with Crippen molar-refractivity contribution in [2.45, 2.75) is 58.9 Å². The molecule has 1 amide bonds. The monoisotopic (exact) mass is 454 g/mol. The number of carbonyl (C=O) groups excluding carboxylic acids is 1. The molecule has 0 spiro atoms. The van der Waals surface area contributed by atoms with E-state index in [9.17, 15) is 4.79 Å². The van der Waals surface area contributed by atoms with Crippen LogP contribution in [0.1, 0.15) is 72.5 Å². The Morgan fingerprint density at radius 3 is 2.34 bits per heavy atom. The highest BCUT2D eigenvalue weighted by molar-refractivity contribution is 5.99. The lowest BCUT2D eigenvalue weighted by Gasteiger charge is -2.29. The minimum absolute atomic E-state index is 0. The lowest BCUT2D eigenvalue weighted by molar-refractivity contribution is 0.0911. The molecule has 5 heteroatoms. The lowest BCUT2D eigenvalue weighted by atomic mass is 9.86. The number of rotatable bonds is 5. The first-order chi connectivity index (χ1) is 14.7. The van der Waals surface area contributed by atoms with Crippen LogP contribution in [-0.4, -0.2) is 30.4 Å². The molecule has 4 rings (SSSR count). The van der Waals surface area contributed by atoms with Crippen molar-refractivity contribution >= 4 is 29.3 Å². The number of furan rings is 1. The molecule has 1 aliphatic heterocycles.